The summed E-state index contributed by atoms with van der Waals surface area (Å²) in [6.07, 6.45) is 8.69. The number of ether oxygens (including phenoxy) is 1. The van der Waals surface area contributed by atoms with Gasteiger partial charge < -0.3 is 4.74 Å². The van der Waals surface area contributed by atoms with E-state index in [2.05, 4.69) is 40.7 Å². The SMILES string of the molecule is CCOC(=O)/C=C(C)/C=C(\C)CC(C)CCCC(C)C(C)C. The Balaban J connectivity index is 4.20. The third-order valence-electron chi connectivity index (χ3n) is 4.27. The van der Waals surface area contributed by atoms with E-state index in [-0.39, 0.29) is 5.97 Å². The van der Waals surface area contributed by atoms with Gasteiger partial charge >= 0.3 is 5.97 Å². The summed E-state index contributed by atoms with van der Waals surface area (Å²) in [5.41, 5.74) is 2.30. The van der Waals surface area contributed by atoms with Gasteiger partial charge in [0.25, 0.3) is 0 Å². The molecule has 0 saturated carbocycles. The van der Waals surface area contributed by atoms with Gasteiger partial charge in [0.1, 0.15) is 0 Å². The van der Waals surface area contributed by atoms with E-state index in [9.17, 15) is 4.79 Å². The van der Waals surface area contributed by atoms with Crippen LogP contribution in [-0.4, -0.2) is 12.6 Å². The molecule has 0 aliphatic heterocycles. The predicted octanol–water partition coefficient (Wildman–Crippen LogP) is 5.93. The number of rotatable bonds is 10. The highest BCUT2D eigenvalue weighted by Crippen LogP contribution is 2.22. The Kier molecular flexibility index (Phi) is 11.0. The molecule has 0 saturated heterocycles. The zero-order valence-corrected chi connectivity index (χ0v) is 15.7. The molecule has 0 rings (SSSR count). The van der Waals surface area contributed by atoms with Gasteiger partial charge in [0.15, 0.2) is 0 Å². The largest absolute Gasteiger partial charge is 0.463 e. The maximum Gasteiger partial charge on any atom is 0.330 e. The topological polar surface area (TPSA) is 26.3 Å². The van der Waals surface area contributed by atoms with Crippen molar-refractivity contribution in [2.45, 2.75) is 74.1 Å². The molecule has 0 aromatic heterocycles. The van der Waals surface area contributed by atoms with Crippen molar-refractivity contribution in [2.24, 2.45) is 17.8 Å². The van der Waals surface area contributed by atoms with Crippen molar-refractivity contribution in [3.8, 4) is 0 Å². The van der Waals surface area contributed by atoms with Gasteiger partial charge in [-0.2, -0.15) is 0 Å². The lowest BCUT2D eigenvalue weighted by molar-refractivity contribution is -0.137. The van der Waals surface area contributed by atoms with Gasteiger partial charge in [-0.15, -0.1) is 0 Å². The van der Waals surface area contributed by atoms with Crippen LogP contribution in [0.15, 0.2) is 23.3 Å². The van der Waals surface area contributed by atoms with Crippen molar-refractivity contribution in [3.05, 3.63) is 23.3 Å². The van der Waals surface area contributed by atoms with Crippen molar-refractivity contribution >= 4 is 5.97 Å². The van der Waals surface area contributed by atoms with E-state index in [1.807, 2.05) is 13.8 Å². The highest BCUT2D eigenvalue weighted by Gasteiger charge is 2.09. The Bertz CT molecular complexity index is 377. The maximum atomic E-state index is 11.4. The lowest BCUT2D eigenvalue weighted by atomic mass is 9.89. The van der Waals surface area contributed by atoms with Gasteiger partial charge in [-0.3, -0.25) is 0 Å². The minimum atomic E-state index is -0.250. The quantitative estimate of drug-likeness (QED) is 0.284. The van der Waals surface area contributed by atoms with E-state index >= 15 is 0 Å². The number of carbonyl (C=O) groups excluding carboxylic acids is 1. The van der Waals surface area contributed by atoms with Crippen LogP contribution >= 0.6 is 0 Å². The van der Waals surface area contributed by atoms with Crippen LogP contribution in [0.5, 0.6) is 0 Å². The predicted molar refractivity (Wildman–Crippen MR) is 95.8 cm³/mol. The first-order valence-corrected chi connectivity index (χ1v) is 8.78. The van der Waals surface area contributed by atoms with E-state index < -0.39 is 0 Å². The molecule has 0 aromatic rings. The lowest BCUT2D eigenvalue weighted by Crippen LogP contribution is -2.05. The molecule has 0 N–H and O–H groups in total. The number of esters is 1. The molecular formula is C20H36O2. The third kappa shape index (κ3) is 10.6. The fraction of sp³-hybridized carbons (Fsp3) is 0.750. The highest BCUT2D eigenvalue weighted by molar-refractivity contribution is 5.83. The molecule has 0 fully saturated rings. The van der Waals surface area contributed by atoms with Crippen LogP contribution in [0.2, 0.25) is 0 Å². The van der Waals surface area contributed by atoms with Crippen LogP contribution in [0, 0.1) is 17.8 Å². The average Bonchev–Trinajstić information content (AvgIpc) is 2.37. The van der Waals surface area contributed by atoms with E-state index in [1.165, 1.54) is 24.8 Å². The molecule has 2 unspecified atom stereocenters. The van der Waals surface area contributed by atoms with Gasteiger partial charge in [-0.1, -0.05) is 58.6 Å². The molecule has 0 bridgehead atoms. The molecule has 0 aromatic carbocycles. The molecule has 2 atom stereocenters. The van der Waals surface area contributed by atoms with Crippen molar-refractivity contribution in [3.63, 3.8) is 0 Å². The van der Waals surface area contributed by atoms with Crippen LogP contribution in [0.1, 0.15) is 74.1 Å². The first-order valence-electron chi connectivity index (χ1n) is 8.78. The van der Waals surface area contributed by atoms with Crippen molar-refractivity contribution in [1.29, 1.82) is 0 Å². The standard InChI is InChI=1S/C20H36O2/c1-8-22-20(21)14-18(6)13-17(5)12-16(4)10-9-11-19(7)15(2)3/h13-16,19H,8-12H2,1-7H3/b17-13+,18-14+. The molecule has 22 heavy (non-hydrogen) atoms. The van der Waals surface area contributed by atoms with E-state index in [0.29, 0.717) is 12.5 Å². The highest BCUT2D eigenvalue weighted by atomic mass is 16.5. The molecule has 0 radical (unpaired) electrons. The summed E-state index contributed by atoms with van der Waals surface area (Å²) >= 11 is 0. The molecule has 128 valence electrons. The minimum absolute atomic E-state index is 0.250. The second-order valence-electron chi connectivity index (χ2n) is 7.09. The Labute approximate surface area is 138 Å². The van der Waals surface area contributed by atoms with Gasteiger partial charge in [-0.25, -0.2) is 4.79 Å². The van der Waals surface area contributed by atoms with Gasteiger partial charge in [0, 0.05) is 6.08 Å². The summed E-state index contributed by atoms with van der Waals surface area (Å²) in [5.74, 6) is 2.05. The Morgan fingerprint density at radius 1 is 1.05 bits per heavy atom. The molecule has 0 spiro atoms. The lowest BCUT2D eigenvalue weighted by Gasteiger charge is -2.17. The fourth-order valence-electron chi connectivity index (χ4n) is 2.63. The molecular weight excluding hydrogens is 272 g/mol. The average molecular weight is 309 g/mol. The number of hydrogen-bond acceptors (Lipinski definition) is 2. The third-order valence-corrected chi connectivity index (χ3v) is 4.27. The van der Waals surface area contributed by atoms with Crippen LogP contribution in [0.4, 0.5) is 0 Å². The Morgan fingerprint density at radius 2 is 1.68 bits per heavy atom. The first kappa shape index (κ1) is 20.9. The van der Waals surface area contributed by atoms with E-state index in [1.54, 1.807) is 6.08 Å². The van der Waals surface area contributed by atoms with Gasteiger partial charge in [0.05, 0.1) is 6.61 Å². The molecule has 2 heteroatoms. The molecule has 2 nitrogen and oxygen atoms in total. The summed E-state index contributed by atoms with van der Waals surface area (Å²) in [6.45, 7) is 15.6. The Hall–Kier alpha value is -1.05. The molecule has 0 aliphatic carbocycles. The van der Waals surface area contributed by atoms with Gasteiger partial charge in [0.2, 0.25) is 0 Å². The van der Waals surface area contributed by atoms with Crippen molar-refractivity contribution in [2.75, 3.05) is 6.61 Å². The van der Waals surface area contributed by atoms with Crippen LogP contribution < -0.4 is 0 Å². The summed E-state index contributed by atoms with van der Waals surface area (Å²) in [5, 5.41) is 0. The molecule has 0 aliphatic rings. The van der Waals surface area contributed by atoms with Crippen molar-refractivity contribution < 1.29 is 9.53 Å². The second-order valence-corrected chi connectivity index (χ2v) is 7.09. The van der Waals surface area contributed by atoms with E-state index in [0.717, 1.165) is 23.8 Å². The second kappa shape index (κ2) is 11.5. The number of hydrogen-bond donors (Lipinski definition) is 0. The number of carbonyl (C=O) groups is 1. The maximum absolute atomic E-state index is 11.4. The van der Waals surface area contributed by atoms with Gasteiger partial charge in [-0.05, 0) is 50.5 Å². The number of allylic oxidation sites excluding steroid dienone is 3. The molecule has 0 heterocycles. The molecule has 0 amide bonds. The first-order chi connectivity index (χ1) is 10.3. The normalized spacial score (nSPS) is 15.8. The smallest absolute Gasteiger partial charge is 0.330 e. The summed E-state index contributed by atoms with van der Waals surface area (Å²) in [7, 11) is 0. The van der Waals surface area contributed by atoms with E-state index in [4.69, 9.17) is 4.74 Å². The minimum Gasteiger partial charge on any atom is -0.463 e. The Morgan fingerprint density at radius 3 is 2.23 bits per heavy atom. The summed E-state index contributed by atoms with van der Waals surface area (Å²) < 4.78 is 4.93. The zero-order chi connectivity index (χ0) is 17.1. The summed E-state index contributed by atoms with van der Waals surface area (Å²) in [4.78, 5) is 11.4. The van der Waals surface area contributed by atoms with Crippen LogP contribution in [0.25, 0.3) is 0 Å². The monoisotopic (exact) mass is 308 g/mol. The summed E-state index contributed by atoms with van der Waals surface area (Å²) in [6, 6.07) is 0. The zero-order valence-electron chi connectivity index (χ0n) is 15.7. The van der Waals surface area contributed by atoms with Crippen molar-refractivity contribution in [1.82, 2.24) is 0 Å². The van der Waals surface area contributed by atoms with Crippen LogP contribution in [-0.2, 0) is 9.53 Å². The van der Waals surface area contributed by atoms with Crippen LogP contribution in [0.3, 0.4) is 0 Å². The fourth-order valence-corrected chi connectivity index (χ4v) is 2.63.